The molecule has 0 aliphatic rings. The van der Waals surface area contributed by atoms with Crippen LogP contribution in [0, 0.1) is 10.1 Å². The molecule has 0 radical (unpaired) electrons. The van der Waals surface area contributed by atoms with E-state index in [0.29, 0.717) is 12.2 Å². The van der Waals surface area contributed by atoms with E-state index in [2.05, 4.69) is 5.32 Å². The average molecular weight is 441 g/mol. The first-order valence-electron chi connectivity index (χ1n) is 10.3. The average Bonchev–Trinajstić information content (AvgIpc) is 3.14. The molecule has 3 aromatic carbocycles. The molecule has 2 aromatic heterocycles. The maximum absolute atomic E-state index is 12.7. The number of non-ortho nitro benzene ring substituents is 1. The summed E-state index contributed by atoms with van der Waals surface area (Å²) in [5.74, 6) is -0.0198. The Morgan fingerprint density at radius 1 is 1.06 bits per heavy atom. The number of carbonyl (C=O) groups excluding carboxylic acids is 1. The van der Waals surface area contributed by atoms with Crippen LogP contribution >= 0.6 is 0 Å². The molecule has 2 heterocycles. The summed E-state index contributed by atoms with van der Waals surface area (Å²) < 4.78 is 7.20. The van der Waals surface area contributed by atoms with E-state index in [-0.39, 0.29) is 23.8 Å². The summed E-state index contributed by atoms with van der Waals surface area (Å²) in [7, 11) is 1.40. The molecular weight excluding hydrogens is 422 g/mol. The van der Waals surface area contributed by atoms with Gasteiger partial charge in [0.25, 0.3) is 5.69 Å². The largest absolute Gasteiger partial charge is 0.494 e. The Hall–Kier alpha value is -4.53. The Bertz CT molecular complexity index is 1540. The lowest BCUT2D eigenvalue weighted by atomic mass is 10.2. The van der Waals surface area contributed by atoms with Gasteiger partial charge in [0.15, 0.2) is 5.65 Å². The highest BCUT2D eigenvalue weighted by molar-refractivity contribution is 6.06. The van der Waals surface area contributed by atoms with Crippen molar-refractivity contribution in [1.29, 1.82) is 0 Å². The number of nitro groups is 1. The van der Waals surface area contributed by atoms with E-state index in [1.165, 1.54) is 25.3 Å². The fourth-order valence-corrected chi connectivity index (χ4v) is 3.93. The first-order chi connectivity index (χ1) is 16.0. The molecule has 0 aliphatic heterocycles. The summed E-state index contributed by atoms with van der Waals surface area (Å²) in [5.41, 5.74) is 4.33. The lowest BCUT2D eigenvalue weighted by Crippen LogP contribution is -2.15. The number of rotatable bonds is 6. The summed E-state index contributed by atoms with van der Waals surface area (Å²) >= 11 is 0. The maximum Gasteiger partial charge on any atom is 0.273 e. The van der Waals surface area contributed by atoms with Crippen LogP contribution in [0.1, 0.15) is 6.42 Å². The molecule has 1 N–H and O–H groups in total. The third-order valence-corrected chi connectivity index (χ3v) is 5.49. The first kappa shape index (κ1) is 20.4. The lowest BCUT2D eigenvalue weighted by Gasteiger charge is -2.11. The molecule has 33 heavy (non-hydrogen) atoms. The van der Waals surface area contributed by atoms with Crippen LogP contribution in [0.3, 0.4) is 0 Å². The summed E-state index contributed by atoms with van der Waals surface area (Å²) in [6, 6.07) is 19.6. The van der Waals surface area contributed by atoms with Crippen LogP contribution in [-0.4, -0.2) is 32.5 Å². The number of methoxy groups -OCH3 is 1. The van der Waals surface area contributed by atoms with Gasteiger partial charge in [-0.15, -0.1) is 0 Å². The highest BCUT2D eigenvalue weighted by Gasteiger charge is 2.17. The van der Waals surface area contributed by atoms with Gasteiger partial charge >= 0.3 is 0 Å². The van der Waals surface area contributed by atoms with E-state index >= 15 is 0 Å². The van der Waals surface area contributed by atoms with Crippen molar-refractivity contribution in [1.82, 2.24) is 14.5 Å². The van der Waals surface area contributed by atoms with Crippen LogP contribution in [0.15, 0.2) is 66.7 Å². The van der Waals surface area contributed by atoms with Crippen LogP contribution in [0.5, 0.6) is 5.75 Å². The van der Waals surface area contributed by atoms with E-state index in [0.717, 1.165) is 33.1 Å². The van der Waals surface area contributed by atoms with Crippen LogP contribution in [-0.2, 0) is 11.3 Å². The van der Waals surface area contributed by atoms with Crippen molar-refractivity contribution in [2.45, 2.75) is 13.0 Å². The van der Waals surface area contributed by atoms with Crippen LogP contribution < -0.4 is 10.1 Å². The molecule has 0 fully saturated rings. The second-order valence-electron chi connectivity index (χ2n) is 7.49. The molecule has 0 spiro atoms. The monoisotopic (exact) mass is 441 g/mol. The van der Waals surface area contributed by atoms with E-state index in [1.54, 1.807) is 0 Å². The molecule has 0 aliphatic carbocycles. The summed E-state index contributed by atoms with van der Waals surface area (Å²) in [6.45, 7) is 0.387. The van der Waals surface area contributed by atoms with Gasteiger partial charge < -0.3 is 14.6 Å². The molecule has 9 heteroatoms. The fraction of sp³-hybridized carbons (Fsp3) is 0.125. The normalized spacial score (nSPS) is 11.2. The summed E-state index contributed by atoms with van der Waals surface area (Å²) in [6.07, 6.45) is 0.169. The Morgan fingerprint density at radius 2 is 1.79 bits per heavy atom. The zero-order valence-electron chi connectivity index (χ0n) is 17.7. The summed E-state index contributed by atoms with van der Waals surface area (Å²) in [4.78, 5) is 32.8. The molecule has 0 bridgehead atoms. The quantitative estimate of drug-likeness (QED) is 0.302. The van der Waals surface area contributed by atoms with Crippen molar-refractivity contribution >= 4 is 50.4 Å². The van der Waals surface area contributed by atoms with Crippen molar-refractivity contribution in [2.24, 2.45) is 0 Å². The Labute approximate surface area is 187 Å². The maximum atomic E-state index is 12.7. The van der Waals surface area contributed by atoms with Gasteiger partial charge in [0.2, 0.25) is 5.91 Å². The van der Waals surface area contributed by atoms with E-state index in [9.17, 15) is 14.9 Å². The first-order valence-corrected chi connectivity index (χ1v) is 10.3. The number of amides is 1. The number of nitrogens with zero attached hydrogens (tertiary/aromatic N) is 4. The molecule has 5 aromatic rings. The number of anilines is 1. The number of ether oxygens (including phenoxy) is 1. The van der Waals surface area contributed by atoms with E-state index in [4.69, 9.17) is 14.7 Å². The van der Waals surface area contributed by atoms with Crippen LogP contribution in [0.25, 0.3) is 33.1 Å². The predicted molar refractivity (Wildman–Crippen MR) is 125 cm³/mol. The number of benzene rings is 3. The minimum atomic E-state index is -0.513. The van der Waals surface area contributed by atoms with Gasteiger partial charge in [-0.05, 0) is 24.3 Å². The van der Waals surface area contributed by atoms with Gasteiger partial charge in [-0.1, -0.05) is 30.3 Å². The van der Waals surface area contributed by atoms with E-state index < -0.39 is 4.92 Å². The Kier molecular flexibility index (Phi) is 5.06. The number of hydrogen-bond acceptors (Lipinski definition) is 6. The molecule has 164 valence electrons. The minimum Gasteiger partial charge on any atom is -0.494 e. The van der Waals surface area contributed by atoms with Gasteiger partial charge in [-0.2, -0.15) is 0 Å². The standard InChI is InChI=1S/C24H19N5O4/c1-33-21-14-15(29(31)32)10-11-19(21)25-22(30)12-13-28-20-9-5-2-6-16(20)23-24(28)27-18-8-4-3-7-17(18)26-23/h2-11,14H,12-13H2,1H3,(H,25,30). The van der Waals surface area contributed by atoms with Gasteiger partial charge in [-0.3, -0.25) is 14.9 Å². The molecule has 0 saturated carbocycles. The summed E-state index contributed by atoms with van der Waals surface area (Å²) in [5, 5.41) is 14.7. The molecule has 0 saturated heterocycles. The minimum absolute atomic E-state index is 0.110. The third-order valence-electron chi connectivity index (χ3n) is 5.49. The fourth-order valence-electron chi connectivity index (χ4n) is 3.93. The SMILES string of the molecule is COc1cc([N+](=O)[O-])ccc1NC(=O)CCn1c2ccccc2c2nc3ccccc3nc21. The number of hydrogen-bond donors (Lipinski definition) is 1. The van der Waals surface area contributed by atoms with Gasteiger partial charge in [0, 0.05) is 24.4 Å². The third kappa shape index (κ3) is 3.69. The predicted octanol–water partition coefficient (Wildman–Crippen LogP) is 4.68. The topological polar surface area (TPSA) is 112 Å². The number of carbonyl (C=O) groups is 1. The van der Waals surface area contributed by atoms with Gasteiger partial charge in [-0.25, -0.2) is 9.97 Å². The zero-order chi connectivity index (χ0) is 22.9. The van der Waals surface area contributed by atoms with Gasteiger partial charge in [0.05, 0.1) is 40.3 Å². The second-order valence-corrected chi connectivity index (χ2v) is 7.49. The number of para-hydroxylation sites is 3. The highest BCUT2D eigenvalue weighted by Crippen LogP contribution is 2.30. The highest BCUT2D eigenvalue weighted by atomic mass is 16.6. The zero-order valence-corrected chi connectivity index (χ0v) is 17.7. The lowest BCUT2D eigenvalue weighted by molar-refractivity contribution is -0.384. The molecule has 5 rings (SSSR count). The van der Waals surface area contributed by atoms with E-state index in [1.807, 2.05) is 53.1 Å². The second kappa shape index (κ2) is 8.19. The molecular formula is C24H19N5O4. The molecule has 1 amide bonds. The molecule has 0 atom stereocenters. The Morgan fingerprint density at radius 3 is 2.55 bits per heavy atom. The number of aromatic nitrogens is 3. The van der Waals surface area contributed by atoms with Crippen molar-refractivity contribution in [3.05, 3.63) is 76.8 Å². The van der Waals surface area contributed by atoms with Crippen molar-refractivity contribution in [2.75, 3.05) is 12.4 Å². The number of nitrogens with one attached hydrogen (secondary N) is 1. The van der Waals surface area contributed by atoms with Gasteiger partial charge in [0.1, 0.15) is 11.3 Å². The smallest absolute Gasteiger partial charge is 0.273 e. The number of nitro benzene ring substituents is 1. The van der Waals surface area contributed by atoms with Crippen molar-refractivity contribution < 1.29 is 14.5 Å². The number of fused-ring (bicyclic) bond motifs is 4. The molecule has 0 unspecified atom stereocenters. The van der Waals surface area contributed by atoms with Crippen molar-refractivity contribution in [3.8, 4) is 5.75 Å². The Balaban J connectivity index is 1.45. The van der Waals surface area contributed by atoms with Crippen LogP contribution in [0.4, 0.5) is 11.4 Å². The van der Waals surface area contributed by atoms with Crippen LogP contribution in [0.2, 0.25) is 0 Å². The molecule has 9 nitrogen and oxygen atoms in total. The number of aryl methyl sites for hydroxylation is 1. The van der Waals surface area contributed by atoms with Crippen molar-refractivity contribution in [3.63, 3.8) is 0 Å².